The van der Waals surface area contributed by atoms with Gasteiger partial charge in [0.15, 0.2) is 0 Å². The van der Waals surface area contributed by atoms with Gasteiger partial charge in [0.05, 0.1) is 6.61 Å². The Morgan fingerprint density at radius 1 is 1.06 bits per heavy atom. The minimum atomic E-state index is 0.587. The first-order chi connectivity index (χ1) is 8.81. The highest BCUT2D eigenvalue weighted by atomic mass is 79.9. The van der Waals surface area contributed by atoms with Gasteiger partial charge in [0.1, 0.15) is 11.5 Å². The lowest BCUT2D eigenvalue weighted by atomic mass is 10.3. The van der Waals surface area contributed by atoms with Crippen molar-refractivity contribution in [1.82, 2.24) is 4.98 Å². The van der Waals surface area contributed by atoms with Crippen molar-refractivity contribution in [2.24, 2.45) is 0 Å². The molecule has 0 atom stereocenters. The van der Waals surface area contributed by atoms with Gasteiger partial charge in [-0.25, -0.2) is 4.98 Å². The molecule has 3 nitrogen and oxygen atoms in total. The summed E-state index contributed by atoms with van der Waals surface area (Å²) in [5.74, 6) is 2.17. The van der Waals surface area contributed by atoms with Crippen LogP contribution < -0.4 is 9.47 Å². The van der Waals surface area contributed by atoms with E-state index in [2.05, 4.69) is 20.9 Å². The smallest absolute Gasteiger partial charge is 0.219 e. The number of alkyl halides is 1. The van der Waals surface area contributed by atoms with Crippen LogP contribution in [0.25, 0.3) is 0 Å². The molecular formula is C14H14BrNO2. The van der Waals surface area contributed by atoms with Crippen LogP contribution in [-0.2, 0) is 5.33 Å². The lowest BCUT2D eigenvalue weighted by molar-refractivity contribution is 0.339. The van der Waals surface area contributed by atoms with E-state index in [0.717, 1.165) is 22.4 Å². The fourth-order valence-corrected chi connectivity index (χ4v) is 1.77. The molecule has 18 heavy (non-hydrogen) atoms. The summed E-state index contributed by atoms with van der Waals surface area (Å²) < 4.78 is 11.0. The summed E-state index contributed by atoms with van der Waals surface area (Å²) in [6.07, 6.45) is 1.79. The predicted octanol–water partition coefficient (Wildman–Crippen LogP) is 4.17. The van der Waals surface area contributed by atoms with E-state index in [-0.39, 0.29) is 0 Å². The number of hydrogen-bond acceptors (Lipinski definition) is 3. The Balaban J connectivity index is 2.03. The highest BCUT2D eigenvalue weighted by molar-refractivity contribution is 9.08. The standard InChI is InChI=1S/C14H14BrNO2/c1-2-17-12-4-6-13(7-5-12)18-14-8-3-11(9-15)10-16-14/h3-8,10H,2,9H2,1H3. The molecule has 0 amide bonds. The molecule has 0 saturated carbocycles. The van der Waals surface area contributed by atoms with Crippen molar-refractivity contribution in [3.05, 3.63) is 48.2 Å². The Morgan fingerprint density at radius 2 is 1.78 bits per heavy atom. The molecule has 1 aromatic carbocycles. The first kappa shape index (κ1) is 12.9. The molecule has 0 bridgehead atoms. The van der Waals surface area contributed by atoms with Crippen molar-refractivity contribution in [3.63, 3.8) is 0 Å². The van der Waals surface area contributed by atoms with Crippen LogP contribution in [0.4, 0.5) is 0 Å². The molecule has 0 saturated heterocycles. The van der Waals surface area contributed by atoms with Gasteiger partial charge in [-0.1, -0.05) is 22.0 Å². The van der Waals surface area contributed by atoms with E-state index >= 15 is 0 Å². The molecule has 0 aliphatic carbocycles. The highest BCUT2D eigenvalue weighted by Gasteiger charge is 1.99. The normalized spacial score (nSPS) is 10.1. The van der Waals surface area contributed by atoms with Crippen molar-refractivity contribution in [2.75, 3.05) is 6.61 Å². The minimum absolute atomic E-state index is 0.587. The Labute approximate surface area is 115 Å². The topological polar surface area (TPSA) is 31.4 Å². The van der Waals surface area contributed by atoms with Crippen LogP contribution in [0.3, 0.4) is 0 Å². The summed E-state index contributed by atoms with van der Waals surface area (Å²) in [6, 6.07) is 11.3. The maximum absolute atomic E-state index is 5.63. The van der Waals surface area contributed by atoms with Crippen LogP contribution in [0, 0.1) is 0 Å². The van der Waals surface area contributed by atoms with Crippen molar-refractivity contribution < 1.29 is 9.47 Å². The highest BCUT2D eigenvalue weighted by Crippen LogP contribution is 2.22. The number of nitrogens with zero attached hydrogens (tertiary/aromatic N) is 1. The third kappa shape index (κ3) is 3.47. The Morgan fingerprint density at radius 3 is 2.33 bits per heavy atom. The maximum Gasteiger partial charge on any atom is 0.219 e. The van der Waals surface area contributed by atoms with Gasteiger partial charge in [0, 0.05) is 17.6 Å². The van der Waals surface area contributed by atoms with E-state index in [0.29, 0.717) is 12.5 Å². The largest absolute Gasteiger partial charge is 0.494 e. The van der Waals surface area contributed by atoms with Gasteiger partial charge in [-0.2, -0.15) is 0 Å². The molecule has 2 aromatic rings. The van der Waals surface area contributed by atoms with Crippen molar-refractivity contribution in [2.45, 2.75) is 12.3 Å². The van der Waals surface area contributed by atoms with Gasteiger partial charge in [0.2, 0.25) is 5.88 Å². The third-order valence-corrected chi connectivity index (χ3v) is 2.96. The number of aromatic nitrogens is 1. The number of rotatable bonds is 5. The number of ether oxygens (including phenoxy) is 2. The van der Waals surface area contributed by atoms with Crippen molar-refractivity contribution in [3.8, 4) is 17.4 Å². The first-order valence-corrected chi connectivity index (χ1v) is 6.85. The summed E-state index contributed by atoms with van der Waals surface area (Å²) >= 11 is 3.38. The third-order valence-electron chi connectivity index (χ3n) is 2.31. The first-order valence-electron chi connectivity index (χ1n) is 5.73. The van der Waals surface area contributed by atoms with Gasteiger partial charge in [0.25, 0.3) is 0 Å². The zero-order valence-electron chi connectivity index (χ0n) is 10.1. The van der Waals surface area contributed by atoms with Crippen LogP contribution in [0.1, 0.15) is 12.5 Å². The number of hydrogen-bond donors (Lipinski definition) is 0. The molecular weight excluding hydrogens is 294 g/mol. The Bertz CT molecular complexity index is 482. The quantitative estimate of drug-likeness (QED) is 0.777. The monoisotopic (exact) mass is 307 g/mol. The van der Waals surface area contributed by atoms with E-state index in [1.165, 1.54) is 0 Å². The summed E-state index contributed by atoms with van der Waals surface area (Å²) in [6.45, 7) is 2.62. The molecule has 0 N–H and O–H groups in total. The Hall–Kier alpha value is -1.55. The van der Waals surface area contributed by atoms with Crippen molar-refractivity contribution in [1.29, 1.82) is 0 Å². The van der Waals surface area contributed by atoms with Crippen LogP contribution in [-0.4, -0.2) is 11.6 Å². The molecule has 0 radical (unpaired) electrons. The van der Waals surface area contributed by atoms with Crippen LogP contribution in [0.15, 0.2) is 42.6 Å². The fraction of sp³-hybridized carbons (Fsp3) is 0.214. The SMILES string of the molecule is CCOc1ccc(Oc2ccc(CBr)cn2)cc1. The molecule has 1 aromatic heterocycles. The zero-order valence-corrected chi connectivity index (χ0v) is 11.7. The van der Waals surface area contributed by atoms with Gasteiger partial charge in [-0.3, -0.25) is 0 Å². The van der Waals surface area contributed by atoms with Gasteiger partial charge >= 0.3 is 0 Å². The van der Waals surface area contributed by atoms with Gasteiger partial charge < -0.3 is 9.47 Å². The fourth-order valence-electron chi connectivity index (χ4n) is 1.44. The molecule has 4 heteroatoms. The van der Waals surface area contributed by atoms with E-state index in [1.807, 2.05) is 43.3 Å². The molecule has 0 fully saturated rings. The average Bonchev–Trinajstić information content (AvgIpc) is 2.42. The molecule has 94 valence electrons. The number of pyridine rings is 1. The molecule has 0 aliphatic rings. The molecule has 1 heterocycles. The lowest BCUT2D eigenvalue weighted by Crippen LogP contribution is -1.92. The van der Waals surface area contributed by atoms with E-state index in [1.54, 1.807) is 6.20 Å². The number of halogens is 1. The van der Waals surface area contributed by atoms with Crippen molar-refractivity contribution >= 4 is 15.9 Å². The summed E-state index contributed by atoms with van der Waals surface area (Å²) in [5.41, 5.74) is 1.12. The van der Waals surface area contributed by atoms with E-state index < -0.39 is 0 Å². The zero-order chi connectivity index (χ0) is 12.8. The second kappa shape index (κ2) is 6.40. The van der Waals surface area contributed by atoms with Crippen LogP contribution >= 0.6 is 15.9 Å². The summed E-state index contributed by atoms with van der Waals surface area (Å²) in [4.78, 5) is 4.22. The molecule has 0 spiro atoms. The molecule has 0 unspecified atom stereocenters. The summed E-state index contributed by atoms with van der Waals surface area (Å²) in [7, 11) is 0. The minimum Gasteiger partial charge on any atom is -0.494 e. The summed E-state index contributed by atoms with van der Waals surface area (Å²) in [5, 5.41) is 0.795. The lowest BCUT2D eigenvalue weighted by Gasteiger charge is -2.06. The Kier molecular flexibility index (Phi) is 4.59. The van der Waals surface area contributed by atoms with E-state index in [9.17, 15) is 0 Å². The van der Waals surface area contributed by atoms with Crippen LogP contribution in [0.2, 0.25) is 0 Å². The van der Waals surface area contributed by atoms with Gasteiger partial charge in [-0.15, -0.1) is 0 Å². The van der Waals surface area contributed by atoms with Gasteiger partial charge in [-0.05, 0) is 36.8 Å². The number of benzene rings is 1. The van der Waals surface area contributed by atoms with Crippen LogP contribution in [0.5, 0.6) is 17.4 Å². The maximum atomic E-state index is 5.63. The second-order valence-corrected chi connectivity index (χ2v) is 4.21. The molecule has 2 rings (SSSR count). The second-order valence-electron chi connectivity index (χ2n) is 3.64. The molecule has 0 aliphatic heterocycles. The average molecular weight is 308 g/mol. The van der Waals surface area contributed by atoms with E-state index in [4.69, 9.17) is 9.47 Å². The predicted molar refractivity (Wildman–Crippen MR) is 74.6 cm³/mol.